The predicted octanol–water partition coefficient (Wildman–Crippen LogP) is 3.55. The number of hydrogen-bond acceptors (Lipinski definition) is 6. The number of nitrogens with one attached hydrogen (secondary N) is 1. The second-order valence-electron chi connectivity index (χ2n) is 4.26. The van der Waals surface area contributed by atoms with Gasteiger partial charge in [0.2, 0.25) is 0 Å². The zero-order valence-electron chi connectivity index (χ0n) is 12.5. The molecule has 0 amide bonds. The zero-order valence-corrected chi connectivity index (χ0v) is 14.0. The van der Waals surface area contributed by atoms with Gasteiger partial charge in [-0.1, -0.05) is 30.1 Å². The molecule has 0 aromatic heterocycles. The van der Waals surface area contributed by atoms with Crippen molar-refractivity contribution in [1.29, 1.82) is 5.26 Å². The Balaban J connectivity index is 3.11. The lowest BCUT2D eigenvalue weighted by Gasteiger charge is -2.10. The van der Waals surface area contributed by atoms with Gasteiger partial charge in [0.05, 0.1) is 30.0 Å². The minimum absolute atomic E-state index is 0.0638. The van der Waals surface area contributed by atoms with E-state index in [2.05, 4.69) is 10.1 Å². The second kappa shape index (κ2) is 9.03. The van der Waals surface area contributed by atoms with Gasteiger partial charge in [-0.15, -0.1) is 0 Å². The normalized spacial score (nSPS) is 10.7. The van der Waals surface area contributed by atoms with E-state index in [0.29, 0.717) is 6.42 Å². The van der Waals surface area contributed by atoms with Crippen LogP contribution < -0.4 is 5.32 Å². The van der Waals surface area contributed by atoms with E-state index in [4.69, 9.17) is 33.2 Å². The maximum absolute atomic E-state index is 11.9. The minimum atomic E-state index is -0.805. The van der Waals surface area contributed by atoms with Crippen LogP contribution in [0.1, 0.15) is 23.7 Å². The highest BCUT2D eigenvalue weighted by atomic mass is 35.5. The van der Waals surface area contributed by atoms with Gasteiger partial charge in [0.1, 0.15) is 6.07 Å². The van der Waals surface area contributed by atoms with Crippen molar-refractivity contribution in [2.45, 2.75) is 13.3 Å². The highest BCUT2D eigenvalue weighted by Gasteiger charge is 2.17. The van der Waals surface area contributed by atoms with Crippen molar-refractivity contribution in [2.75, 3.05) is 19.0 Å². The topological polar surface area (TPSA) is 88.4 Å². The number of methoxy groups -OCH3 is 1. The summed E-state index contributed by atoms with van der Waals surface area (Å²) < 4.78 is 9.47. The van der Waals surface area contributed by atoms with E-state index in [-0.39, 0.29) is 33.5 Å². The van der Waals surface area contributed by atoms with Crippen LogP contribution in [0.4, 0.5) is 5.69 Å². The van der Waals surface area contributed by atoms with E-state index in [9.17, 15) is 9.59 Å². The molecule has 6 nitrogen and oxygen atoms in total. The molecule has 1 aromatic carbocycles. The largest absolute Gasteiger partial charge is 0.465 e. The lowest BCUT2D eigenvalue weighted by Crippen LogP contribution is -2.08. The molecule has 0 unspecified atom stereocenters. The number of halogens is 2. The number of benzene rings is 1. The third kappa shape index (κ3) is 5.16. The molecule has 122 valence electrons. The van der Waals surface area contributed by atoms with E-state index >= 15 is 0 Å². The van der Waals surface area contributed by atoms with Gasteiger partial charge in [0.15, 0.2) is 5.57 Å². The molecule has 0 heterocycles. The molecule has 0 saturated carbocycles. The smallest absolute Gasteiger partial charge is 0.350 e. The molecule has 1 N–H and O–H groups in total. The molecule has 0 spiro atoms. The van der Waals surface area contributed by atoms with Gasteiger partial charge in [-0.2, -0.15) is 5.26 Å². The van der Waals surface area contributed by atoms with Crippen LogP contribution in [0.15, 0.2) is 23.9 Å². The third-order valence-electron chi connectivity index (χ3n) is 2.59. The Hall–Kier alpha value is -2.23. The fourth-order valence-electron chi connectivity index (χ4n) is 1.51. The van der Waals surface area contributed by atoms with E-state index in [1.54, 1.807) is 6.07 Å². The van der Waals surface area contributed by atoms with Gasteiger partial charge < -0.3 is 14.8 Å². The van der Waals surface area contributed by atoms with Gasteiger partial charge >= 0.3 is 11.9 Å². The number of anilines is 1. The van der Waals surface area contributed by atoms with Crippen LogP contribution in [-0.2, 0) is 14.3 Å². The Kier molecular flexibility index (Phi) is 7.39. The van der Waals surface area contributed by atoms with Crippen LogP contribution in [0.5, 0.6) is 0 Å². The van der Waals surface area contributed by atoms with Gasteiger partial charge in [-0.05, 0) is 18.6 Å². The fourth-order valence-corrected chi connectivity index (χ4v) is 1.97. The van der Waals surface area contributed by atoms with E-state index in [0.717, 1.165) is 13.3 Å². The van der Waals surface area contributed by atoms with Crippen molar-refractivity contribution in [2.24, 2.45) is 0 Å². The first-order chi connectivity index (χ1) is 10.9. The minimum Gasteiger partial charge on any atom is -0.465 e. The third-order valence-corrected chi connectivity index (χ3v) is 3.22. The Labute approximate surface area is 143 Å². The van der Waals surface area contributed by atoms with Crippen molar-refractivity contribution in [3.63, 3.8) is 0 Å². The molecule has 0 saturated heterocycles. The summed E-state index contributed by atoms with van der Waals surface area (Å²) in [5.41, 5.74) is 0.0676. The summed E-state index contributed by atoms with van der Waals surface area (Å²) in [5, 5.41) is 11.8. The van der Waals surface area contributed by atoms with Crippen molar-refractivity contribution in [1.82, 2.24) is 0 Å². The number of carbonyl (C=O) groups is 2. The predicted molar refractivity (Wildman–Crippen MR) is 86.4 cm³/mol. The van der Waals surface area contributed by atoms with E-state index in [1.165, 1.54) is 12.1 Å². The number of esters is 2. The first-order valence-electron chi connectivity index (χ1n) is 6.55. The van der Waals surface area contributed by atoms with Crippen molar-refractivity contribution < 1.29 is 19.1 Å². The Morgan fingerprint density at radius 3 is 2.65 bits per heavy atom. The van der Waals surface area contributed by atoms with E-state index in [1.807, 2.05) is 6.92 Å². The highest BCUT2D eigenvalue weighted by Crippen LogP contribution is 2.31. The lowest BCUT2D eigenvalue weighted by molar-refractivity contribution is -0.135. The summed E-state index contributed by atoms with van der Waals surface area (Å²) in [6, 6.07) is 4.50. The molecule has 0 bridgehead atoms. The highest BCUT2D eigenvalue weighted by molar-refractivity contribution is 6.38. The Morgan fingerprint density at radius 2 is 2.09 bits per heavy atom. The molecular formula is C15H14Cl2N2O4. The summed E-state index contributed by atoms with van der Waals surface area (Å²) >= 11 is 12.1. The summed E-state index contributed by atoms with van der Waals surface area (Å²) in [5.74, 6) is -1.42. The van der Waals surface area contributed by atoms with Crippen molar-refractivity contribution in [3.05, 3.63) is 39.5 Å². The molecule has 0 aliphatic rings. The van der Waals surface area contributed by atoms with Gasteiger partial charge in [0.25, 0.3) is 0 Å². The lowest BCUT2D eigenvalue weighted by atomic mass is 10.2. The van der Waals surface area contributed by atoms with E-state index < -0.39 is 11.9 Å². The van der Waals surface area contributed by atoms with Crippen LogP contribution in [0.25, 0.3) is 0 Å². The van der Waals surface area contributed by atoms with Crippen molar-refractivity contribution >= 4 is 40.8 Å². The van der Waals surface area contributed by atoms with Crippen LogP contribution in [0.3, 0.4) is 0 Å². The summed E-state index contributed by atoms with van der Waals surface area (Å²) in [6.07, 6.45) is 1.78. The molecule has 8 heteroatoms. The molecule has 1 rings (SSSR count). The number of rotatable bonds is 6. The SMILES string of the molecule is CCCOC(=O)c1cc(Cl)cc(NC=C(C#N)C(=O)OC)c1Cl. The molecule has 0 radical (unpaired) electrons. The van der Waals surface area contributed by atoms with Crippen LogP contribution in [0.2, 0.25) is 10.0 Å². The van der Waals surface area contributed by atoms with Crippen LogP contribution >= 0.6 is 23.2 Å². The monoisotopic (exact) mass is 356 g/mol. The maximum Gasteiger partial charge on any atom is 0.350 e. The first kappa shape index (κ1) is 18.8. The fraction of sp³-hybridized carbons (Fsp3) is 0.267. The Bertz CT molecular complexity index is 681. The van der Waals surface area contributed by atoms with Crippen LogP contribution in [0, 0.1) is 11.3 Å². The Morgan fingerprint density at radius 1 is 1.39 bits per heavy atom. The molecule has 0 atom stereocenters. The molecule has 0 aliphatic carbocycles. The summed E-state index contributed by atoms with van der Waals surface area (Å²) in [4.78, 5) is 23.3. The van der Waals surface area contributed by atoms with Gasteiger partial charge in [0, 0.05) is 11.2 Å². The van der Waals surface area contributed by atoms with Crippen LogP contribution in [-0.4, -0.2) is 25.7 Å². The number of ether oxygens (including phenoxy) is 2. The average molecular weight is 357 g/mol. The average Bonchev–Trinajstić information content (AvgIpc) is 2.55. The number of nitrogens with zero attached hydrogens (tertiary/aromatic N) is 1. The number of hydrogen-bond donors (Lipinski definition) is 1. The summed E-state index contributed by atoms with van der Waals surface area (Å²) in [6.45, 7) is 2.12. The molecule has 0 fully saturated rings. The molecule has 23 heavy (non-hydrogen) atoms. The quantitative estimate of drug-likeness (QED) is 0.476. The standard InChI is InChI=1S/C15H14Cl2N2O4/c1-3-4-23-15(21)11-5-10(16)6-12(13(11)17)19-8-9(7-18)14(20)22-2/h5-6,8,19H,3-4H2,1-2H3. The summed E-state index contributed by atoms with van der Waals surface area (Å²) in [7, 11) is 1.15. The van der Waals surface area contributed by atoms with Gasteiger partial charge in [-0.25, -0.2) is 9.59 Å². The zero-order chi connectivity index (χ0) is 17.4. The number of carbonyl (C=O) groups excluding carboxylic acids is 2. The molecule has 1 aromatic rings. The second-order valence-corrected chi connectivity index (χ2v) is 5.07. The number of nitriles is 1. The van der Waals surface area contributed by atoms with Crippen molar-refractivity contribution in [3.8, 4) is 6.07 Å². The maximum atomic E-state index is 11.9. The first-order valence-corrected chi connectivity index (χ1v) is 7.31. The van der Waals surface area contributed by atoms with Gasteiger partial charge in [-0.3, -0.25) is 0 Å². The molecular weight excluding hydrogens is 343 g/mol. The molecule has 0 aliphatic heterocycles.